The van der Waals surface area contributed by atoms with E-state index in [1.54, 1.807) is 30.5 Å². The molecule has 0 bridgehead atoms. The summed E-state index contributed by atoms with van der Waals surface area (Å²) in [5.41, 5.74) is 1.83. The van der Waals surface area contributed by atoms with Crippen LogP contribution in [0.3, 0.4) is 0 Å². The van der Waals surface area contributed by atoms with Crippen LogP contribution in [0.1, 0.15) is 30.0 Å². The summed E-state index contributed by atoms with van der Waals surface area (Å²) in [6.07, 6.45) is 0.647. The summed E-state index contributed by atoms with van der Waals surface area (Å²) in [4.78, 5) is 16.7. The predicted molar refractivity (Wildman–Crippen MR) is 132 cm³/mol. The zero-order valence-corrected chi connectivity index (χ0v) is 20.5. The lowest BCUT2D eigenvalue weighted by atomic mass is 9.84. The molecule has 5 rings (SSSR count). The van der Waals surface area contributed by atoms with Gasteiger partial charge in [-0.3, -0.25) is 14.5 Å². The number of nitrogens with one attached hydrogen (secondary N) is 2. The number of hydrogen-bond donors (Lipinski definition) is 3. The maximum absolute atomic E-state index is 13.2. The normalized spacial score (nSPS) is 22.4. The molecule has 3 aromatic rings. The lowest BCUT2D eigenvalue weighted by molar-refractivity contribution is -0.142. The molecular formula is C26H26FN3O6S. The second-order valence-corrected chi connectivity index (χ2v) is 10.7. The molecule has 2 aromatic carbocycles. The van der Waals surface area contributed by atoms with Crippen molar-refractivity contribution >= 4 is 21.6 Å². The Bertz CT molecular complexity index is 1370. The second-order valence-electron chi connectivity index (χ2n) is 9.02. The van der Waals surface area contributed by atoms with Gasteiger partial charge in [0.05, 0.1) is 36.3 Å². The smallest absolute Gasteiger partial charge is 0.261 e. The summed E-state index contributed by atoms with van der Waals surface area (Å²) in [7, 11) is -3.93. The highest BCUT2D eigenvalue weighted by molar-refractivity contribution is 7.92. The van der Waals surface area contributed by atoms with E-state index in [1.165, 1.54) is 12.1 Å². The molecule has 1 fully saturated rings. The Hall–Kier alpha value is -3.54. The van der Waals surface area contributed by atoms with E-state index in [1.807, 2.05) is 12.1 Å². The van der Waals surface area contributed by atoms with Gasteiger partial charge in [-0.2, -0.15) is 0 Å². The van der Waals surface area contributed by atoms with Gasteiger partial charge in [0.25, 0.3) is 10.0 Å². The van der Waals surface area contributed by atoms with Gasteiger partial charge in [0, 0.05) is 23.4 Å². The standard InChI is InChI=1S/C26H26FN3O6S/c27-16-4-7-20(8-5-16)37(33,34)30-17-6-9-23-21(11-17)22-12-19(35-24(15-31)26(22)36-23)13-25(32)29-14-18-3-1-2-10-28-18/h1-11,19,22,24,26,30-31H,12-15H2,(H,29,32)/t19-,22+,24-,26-/m1/s1. The SMILES string of the molecule is O=C(C[C@H]1C[C@H]2c3cc(NS(=O)(=O)c4ccc(F)cc4)ccc3O[C@H]2[C@@H](CO)O1)NCc1ccccn1. The highest BCUT2D eigenvalue weighted by Crippen LogP contribution is 2.47. The van der Waals surface area contributed by atoms with E-state index < -0.39 is 34.2 Å². The maximum Gasteiger partial charge on any atom is 0.261 e. The molecule has 3 heterocycles. The number of aromatic nitrogens is 1. The van der Waals surface area contributed by atoms with Gasteiger partial charge in [-0.15, -0.1) is 0 Å². The molecule has 1 aromatic heterocycles. The molecule has 9 nitrogen and oxygen atoms in total. The first kappa shape index (κ1) is 25.1. The van der Waals surface area contributed by atoms with Gasteiger partial charge in [-0.1, -0.05) is 6.07 Å². The van der Waals surface area contributed by atoms with Crippen molar-refractivity contribution < 1.29 is 32.2 Å². The number of pyridine rings is 1. The molecule has 2 aliphatic rings. The van der Waals surface area contributed by atoms with E-state index in [0.717, 1.165) is 23.4 Å². The minimum absolute atomic E-state index is 0.0632. The monoisotopic (exact) mass is 527 g/mol. The molecule has 2 aliphatic heterocycles. The van der Waals surface area contributed by atoms with E-state index in [4.69, 9.17) is 9.47 Å². The fraction of sp³-hybridized carbons (Fsp3) is 0.308. The first-order chi connectivity index (χ1) is 17.8. The molecule has 0 spiro atoms. The molecule has 3 N–H and O–H groups in total. The van der Waals surface area contributed by atoms with E-state index in [-0.39, 0.29) is 29.7 Å². The average molecular weight is 528 g/mol. The Morgan fingerprint density at radius 1 is 1.14 bits per heavy atom. The van der Waals surface area contributed by atoms with Crippen molar-refractivity contribution in [3.05, 3.63) is 83.9 Å². The second kappa shape index (κ2) is 10.4. The van der Waals surface area contributed by atoms with Crippen LogP contribution in [0.2, 0.25) is 0 Å². The molecule has 0 radical (unpaired) electrons. The minimum Gasteiger partial charge on any atom is -0.487 e. The number of carbonyl (C=O) groups is 1. The molecule has 4 atom stereocenters. The van der Waals surface area contributed by atoms with E-state index >= 15 is 0 Å². The number of amides is 1. The van der Waals surface area contributed by atoms with Gasteiger partial charge in [-0.25, -0.2) is 12.8 Å². The van der Waals surface area contributed by atoms with Gasteiger partial charge < -0.3 is 19.9 Å². The predicted octanol–water partition coefficient (Wildman–Crippen LogP) is 2.72. The number of aliphatic hydroxyl groups excluding tert-OH is 1. The third-order valence-corrected chi connectivity index (χ3v) is 7.88. The third-order valence-electron chi connectivity index (χ3n) is 6.48. The van der Waals surface area contributed by atoms with Gasteiger partial charge in [0.2, 0.25) is 5.91 Å². The van der Waals surface area contributed by atoms with Crippen LogP contribution in [0.5, 0.6) is 5.75 Å². The van der Waals surface area contributed by atoms with E-state index in [2.05, 4.69) is 15.0 Å². The number of benzene rings is 2. The Labute approximate surface area is 213 Å². The van der Waals surface area contributed by atoms with E-state index in [0.29, 0.717) is 24.4 Å². The summed E-state index contributed by atoms with van der Waals surface area (Å²) in [5, 5.41) is 12.8. The number of aliphatic hydroxyl groups is 1. The molecular weight excluding hydrogens is 501 g/mol. The van der Waals surface area contributed by atoms with Crippen LogP contribution in [0, 0.1) is 5.82 Å². The number of nitrogens with zero attached hydrogens (tertiary/aromatic N) is 1. The highest BCUT2D eigenvalue weighted by Gasteiger charge is 2.46. The summed E-state index contributed by atoms with van der Waals surface area (Å²) in [6.45, 7) is 0.0106. The number of ether oxygens (including phenoxy) is 2. The lowest BCUT2D eigenvalue weighted by Crippen LogP contribution is -2.47. The van der Waals surface area contributed by atoms with E-state index in [9.17, 15) is 22.7 Å². The topological polar surface area (TPSA) is 127 Å². The van der Waals surface area contributed by atoms with Crippen LogP contribution >= 0.6 is 0 Å². The lowest BCUT2D eigenvalue weighted by Gasteiger charge is -2.37. The summed E-state index contributed by atoms with van der Waals surface area (Å²) in [5.74, 6) is -0.366. The molecule has 1 saturated heterocycles. The maximum atomic E-state index is 13.2. The Morgan fingerprint density at radius 2 is 1.95 bits per heavy atom. The number of halogens is 1. The minimum atomic E-state index is -3.93. The van der Waals surface area contributed by atoms with Gasteiger partial charge in [-0.05, 0) is 61.0 Å². The van der Waals surface area contributed by atoms with Crippen LogP contribution < -0.4 is 14.8 Å². The molecule has 0 unspecified atom stereocenters. The average Bonchev–Trinajstić information content (AvgIpc) is 3.25. The number of carbonyl (C=O) groups excluding carboxylic acids is 1. The molecule has 0 saturated carbocycles. The largest absolute Gasteiger partial charge is 0.487 e. The Morgan fingerprint density at radius 3 is 2.68 bits per heavy atom. The zero-order chi connectivity index (χ0) is 26.0. The first-order valence-electron chi connectivity index (χ1n) is 11.8. The molecule has 11 heteroatoms. The zero-order valence-electron chi connectivity index (χ0n) is 19.7. The van der Waals surface area contributed by atoms with Crippen molar-refractivity contribution in [1.29, 1.82) is 0 Å². The molecule has 37 heavy (non-hydrogen) atoms. The van der Waals surface area contributed by atoms with Crippen molar-refractivity contribution in [3.8, 4) is 5.75 Å². The number of rotatable bonds is 8. The van der Waals surface area contributed by atoms with Gasteiger partial charge in [0.1, 0.15) is 23.8 Å². The Kier molecular flexibility index (Phi) is 7.09. The molecule has 1 amide bonds. The van der Waals surface area contributed by atoms with Crippen molar-refractivity contribution in [2.24, 2.45) is 0 Å². The van der Waals surface area contributed by atoms with Gasteiger partial charge in [0.15, 0.2) is 0 Å². The van der Waals surface area contributed by atoms with Crippen LogP contribution in [0.15, 0.2) is 71.8 Å². The summed E-state index contributed by atoms with van der Waals surface area (Å²) >= 11 is 0. The Balaban J connectivity index is 1.29. The summed E-state index contributed by atoms with van der Waals surface area (Å²) < 4.78 is 53.3. The molecule has 0 aliphatic carbocycles. The quantitative estimate of drug-likeness (QED) is 0.411. The fourth-order valence-electron chi connectivity index (χ4n) is 4.75. The van der Waals surface area contributed by atoms with Crippen LogP contribution in [-0.2, 0) is 26.1 Å². The van der Waals surface area contributed by atoms with Crippen molar-refractivity contribution in [3.63, 3.8) is 0 Å². The molecule has 194 valence electrons. The van der Waals surface area contributed by atoms with Crippen LogP contribution in [-0.4, -0.2) is 49.3 Å². The third kappa shape index (κ3) is 5.58. The van der Waals surface area contributed by atoms with Crippen LogP contribution in [0.4, 0.5) is 10.1 Å². The number of sulfonamides is 1. The van der Waals surface area contributed by atoms with Crippen molar-refractivity contribution in [1.82, 2.24) is 10.3 Å². The number of hydrogen-bond acceptors (Lipinski definition) is 7. The van der Waals surface area contributed by atoms with Crippen LogP contribution in [0.25, 0.3) is 0 Å². The number of fused-ring (bicyclic) bond motifs is 3. The van der Waals surface area contributed by atoms with Crippen molar-refractivity contribution in [2.45, 2.75) is 48.5 Å². The fourth-order valence-corrected chi connectivity index (χ4v) is 5.80. The van der Waals surface area contributed by atoms with Crippen molar-refractivity contribution in [2.75, 3.05) is 11.3 Å². The highest BCUT2D eigenvalue weighted by atomic mass is 32.2. The van der Waals surface area contributed by atoms with Gasteiger partial charge >= 0.3 is 0 Å². The summed E-state index contributed by atoms with van der Waals surface area (Å²) in [6, 6.07) is 14.9. The first-order valence-corrected chi connectivity index (χ1v) is 13.3. The number of anilines is 1.